The molecule has 0 heterocycles. The van der Waals surface area contributed by atoms with E-state index in [0.29, 0.717) is 0 Å². The predicted molar refractivity (Wildman–Crippen MR) is 46.7 cm³/mol. The van der Waals surface area contributed by atoms with Gasteiger partial charge in [-0.15, -0.1) is 0 Å². The molecule has 0 fully saturated rings. The van der Waals surface area contributed by atoms with Gasteiger partial charge in [0.15, 0.2) is 0 Å². The van der Waals surface area contributed by atoms with Crippen molar-refractivity contribution in [3.63, 3.8) is 0 Å². The molecular formula is C7H10BrNO. The third-order valence-corrected chi connectivity index (χ3v) is 1.34. The van der Waals surface area contributed by atoms with Gasteiger partial charge >= 0.3 is 0 Å². The second kappa shape index (κ2) is 5.26. The maximum absolute atomic E-state index is 7.00. The Kier molecular flexibility index (Phi) is 4.98. The van der Waals surface area contributed by atoms with Crippen LogP contribution in [-0.2, 0) is 0 Å². The van der Waals surface area contributed by atoms with E-state index >= 15 is 0 Å². The van der Waals surface area contributed by atoms with Gasteiger partial charge in [0.25, 0.3) is 0 Å². The minimum absolute atomic E-state index is 0.791. The SMILES string of the molecule is CO.Nc1cccc(Br)c1. The Balaban J connectivity index is 0.000000371. The van der Waals surface area contributed by atoms with E-state index in [2.05, 4.69) is 15.9 Å². The molecular weight excluding hydrogens is 194 g/mol. The number of anilines is 1. The molecule has 56 valence electrons. The Morgan fingerprint density at radius 3 is 2.30 bits per heavy atom. The quantitative estimate of drug-likeness (QED) is 0.631. The average molecular weight is 204 g/mol. The molecule has 0 saturated heterocycles. The number of hydrogen-bond donors (Lipinski definition) is 2. The molecule has 1 aromatic carbocycles. The number of aliphatic hydroxyl groups is 1. The number of nitrogens with two attached hydrogens (primary N) is 1. The molecule has 1 rings (SSSR count). The van der Waals surface area contributed by atoms with Crippen LogP contribution in [0.1, 0.15) is 0 Å². The number of benzene rings is 1. The van der Waals surface area contributed by atoms with Crippen LogP contribution in [0, 0.1) is 0 Å². The van der Waals surface area contributed by atoms with Crippen molar-refractivity contribution < 1.29 is 5.11 Å². The molecule has 0 spiro atoms. The molecule has 0 aliphatic heterocycles. The average Bonchev–Trinajstić information content (AvgIpc) is 1.91. The monoisotopic (exact) mass is 203 g/mol. The summed E-state index contributed by atoms with van der Waals surface area (Å²) >= 11 is 3.28. The molecule has 3 N–H and O–H groups in total. The lowest BCUT2D eigenvalue weighted by molar-refractivity contribution is 0.399. The van der Waals surface area contributed by atoms with Crippen LogP contribution in [-0.4, -0.2) is 12.2 Å². The molecule has 2 nitrogen and oxygen atoms in total. The molecule has 0 aromatic heterocycles. The summed E-state index contributed by atoms with van der Waals surface area (Å²) < 4.78 is 1.03. The fourth-order valence-electron chi connectivity index (χ4n) is 0.507. The van der Waals surface area contributed by atoms with Crippen LogP contribution in [0.2, 0.25) is 0 Å². The van der Waals surface area contributed by atoms with Crippen molar-refractivity contribution >= 4 is 21.6 Å². The molecule has 0 atom stereocenters. The first-order valence-electron chi connectivity index (χ1n) is 2.75. The zero-order valence-electron chi connectivity index (χ0n) is 5.71. The van der Waals surface area contributed by atoms with Crippen molar-refractivity contribution in [2.45, 2.75) is 0 Å². The third-order valence-electron chi connectivity index (χ3n) is 0.849. The second-order valence-corrected chi connectivity index (χ2v) is 2.47. The molecule has 1 aromatic rings. The molecule has 0 amide bonds. The van der Waals surface area contributed by atoms with Crippen LogP contribution in [0.3, 0.4) is 0 Å². The fraction of sp³-hybridized carbons (Fsp3) is 0.143. The zero-order chi connectivity index (χ0) is 7.98. The minimum Gasteiger partial charge on any atom is -0.400 e. The van der Waals surface area contributed by atoms with Crippen molar-refractivity contribution in [1.82, 2.24) is 0 Å². The summed E-state index contributed by atoms with van der Waals surface area (Å²) in [6.45, 7) is 0. The highest BCUT2D eigenvalue weighted by atomic mass is 79.9. The van der Waals surface area contributed by atoms with Gasteiger partial charge in [-0.05, 0) is 18.2 Å². The van der Waals surface area contributed by atoms with Crippen molar-refractivity contribution in [3.8, 4) is 0 Å². The molecule has 0 bridgehead atoms. The summed E-state index contributed by atoms with van der Waals surface area (Å²) in [4.78, 5) is 0. The Morgan fingerprint density at radius 2 is 2.00 bits per heavy atom. The number of rotatable bonds is 0. The largest absolute Gasteiger partial charge is 0.400 e. The number of aliphatic hydroxyl groups excluding tert-OH is 1. The van der Waals surface area contributed by atoms with E-state index in [4.69, 9.17) is 10.8 Å². The van der Waals surface area contributed by atoms with E-state index in [1.54, 1.807) is 0 Å². The standard InChI is InChI=1S/C6H6BrN.CH4O/c7-5-2-1-3-6(8)4-5;1-2/h1-4H,8H2;2H,1H3. The molecule has 0 saturated carbocycles. The van der Waals surface area contributed by atoms with Gasteiger partial charge in [-0.2, -0.15) is 0 Å². The highest BCUT2D eigenvalue weighted by Crippen LogP contribution is 2.11. The van der Waals surface area contributed by atoms with E-state index < -0.39 is 0 Å². The van der Waals surface area contributed by atoms with Crippen LogP contribution in [0.5, 0.6) is 0 Å². The highest BCUT2D eigenvalue weighted by Gasteiger charge is 1.82. The number of nitrogen functional groups attached to an aromatic ring is 1. The van der Waals surface area contributed by atoms with E-state index in [0.717, 1.165) is 17.3 Å². The normalized spacial score (nSPS) is 7.90. The Morgan fingerprint density at radius 1 is 1.40 bits per heavy atom. The van der Waals surface area contributed by atoms with Gasteiger partial charge in [0.1, 0.15) is 0 Å². The fourth-order valence-corrected chi connectivity index (χ4v) is 0.924. The summed E-state index contributed by atoms with van der Waals surface area (Å²) in [6, 6.07) is 7.56. The van der Waals surface area contributed by atoms with Crippen molar-refractivity contribution in [2.24, 2.45) is 0 Å². The van der Waals surface area contributed by atoms with Gasteiger partial charge in [0.05, 0.1) is 0 Å². The lowest BCUT2D eigenvalue weighted by Gasteiger charge is -1.89. The zero-order valence-corrected chi connectivity index (χ0v) is 7.30. The number of hydrogen-bond acceptors (Lipinski definition) is 2. The summed E-state index contributed by atoms with van der Waals surface area (Å²) in [7, 11) is 1.00. The van der Waals surface area contributed by atoms with Crippen molar-refractivity contribution in [3.05, 3.63) is 28.7 Å². The molecule has 0 aliphatic carbocycles. The molecule has 3 heteroatoms. The molecule has 0 aliphatic rings. The van der Waals surface area contributed by atoms with Gasteiger partial charge in [0.2, 0.25) is 0 Å². The second-order valence-electron chi connectivity index (χ2n) is 1.56. The minimum atomic E-state index is 0.791. The Labute approximate surface area is 68.8 Å². The van der Waals surface area contributed by atoms with Crippen LogP contribution in [0.25, 0.3) is 0 Å². The van der Waals surface area contributed by atoms with Crippen LogP contribution in [0.15, 0.2) is 28.7 Å². The lowest BCUT2D eigenvalue weighted by Crippen LogP contribution is -1.80. The van der Waals surface area contributed by atoms with Gasteiger partial charge in [-0.3, -0.25) is 0 Å². The summed E-state index contributed by atoms with van der Waals surface area (Å²) in [5, 5.41) is 7.00. The Bertz CT molecular complexity index is 173. The smallest absolute Gasteiger partial charge is 0.0325 e. The van der Waals surface area contributed by atoms with E-state index in [1.165, 1.54) is 0 Å². The topological polar surface area (TPSA) is 46.2 Å². The first-order chi connectivity index (χ1) is 4.79. The molecule has 0 unspecified atom stereocenters. The number of halogens is 1. The first kappa shape index (κ1) is 9.46. The summed E-state index contributed by atoms with van der Waals surface area (Å²) in [6.07, 6.45) is 0. The highest BCUT2D eigenvalue weighted by molar-refractivity contribution is 9.10. The molecule has 0 radical (unpaired) electrons. The van der Waals surface area contributed by atoms with Crippen molar-refractivity contribution in [1.29, 1.82) is 0 Å². The summed E-state index contributed by atoms with van der Waals surface area (Å²) in [5.74, 6) is 0. The van der Waals surface area contributed by atoms with Gasteiger partial charge in [-0.25, -0.2) is 0 Å². The van der Waals surface area contributed by atoms with E-state index in [-0.39, 0.29) is 0 Å². The first-order valence-corrected chi connectivity index (χ1v) is 3.54. The van der Waals surface area contributed by atoms with Crippen LogP contribution < -0.4 is 5.73 Å². The maximum Gasteiger partial charge on any atom is 0.0325 e. The summed E-state index contributed by atoms with van der Waals surface area (Å²) in [5.41, 5.74) is 6.22. The van der Waals surface area contributed by atoms with Gasteiger partial charge < -0.3 is 10.8 Å². The van der Waals surface area contributed by atoms with E-state index in [9.17, 15) is 0 Å². The third kappa shape index (κ3) is 3.48. The maximum atomic E-state index is 7.00. The van der Waals surface area contributed by atoms with Crippen LogP contribution >= 0.6 is 15.9 Å². The van der Waals surface area contributed by atoms with Gasteiger partial charge in [-0.1, -0.05) is 22.0 Å². The predicted octanol–water partition coefficient (Wildman–Crippen LogP) is 1.64. The Hall–Kier alpha value is -0.540. The van der Waals surface area contributed by atoms with Crippen LogP contribution in [0.4, 0.5) is 5.69 Å². The van der Waals surface area contributed by atoms with E-state index in [1.807, 2.05) is 24.3 Å². The molecule has 10 heavy (non-hydrogen) atoms. The van der Waals surface area contributed by atoms with Crippen molar-refractivity contribution in [2.75, 3.05) is 12.8 Å². The lowest BCUT2D eigenvalue weighted by atomic mass is 10.3. The van der Waals surface area contributed by atoms with Gasteiger partial charge in [0, 0.05) is 17.3 Å².